The van der Waals surface area contributed by atoms with E-state index in [9.17, 15) is 14.8 Å². The van der Waals surface area contributed by atoms with Crippen LogP contribution in [0.3, 0.4) is 0 Å². The van der Waals surface area contributed by atoms with Gasteiger partial charge in [-0.05, 0) is 55.4 Å². The first-order valence-electron chi connectivity index (χ1n) is 10.0. The van der Waals surface area contributed by atoms with Gasteiger partial charge in [0.2, 0.25) is 5.91 Å². The number of cyclic esters (lactones) is 1. The number of esters is 1. The van der Waals surface area contributed by atoms with Crippen LogP contribution in [0, 0.1) is 23.2 Å². The van der Waals surface area contributed by atoms with Crippen LogP contribution in [-0.2, 0) is 14.3 Å². The molecule has 7 heteroatoms. The Kier molecular flexibility index (Phi) is 5.93. The van der Waals surface area contributed by atoms with E-state index in [4.69, 9.17) is 10.5 Å². The molecule has 2 aliphatic carbocycles. The summed E-state index contributed by atoms with van der Waals surface area (Å²) >= 11 is 0. The fourth-order valence-corrected chi connectivity index (χ4v) is 5.62. The summed E-state index contributed by atoms with van der Waals surface area (Å²) in [6.07, 6.45) is 6.07. The third-order valence-electron chi connectivity index (χ3n) is 7.21. The van der Waals surface area contributed by atoms with Crippen molar-refractivity contribution >= 4 is 17.6 Å². The van der Waals surface area contributed by atoms with Crippen molar-refractivity contribution in [2.24, 2.45) is 34.1 Å². The summed E-state index contributed by atoms with van der Waals surface area (Å²) in [6.45, 7) is 9.06. The summed E-state index contributed by atoms with van der Waals surface area (Å²) < 4.78 is 5.09. The highest BCUT2D eigenvalue weighted by molar-refractivity contribution is 5.92. The summed E-state index contributed by atoms with van der Waals surface area (Å²) in [5.41, 5.74) is 7.96. The first kappa shape index (κ1) is 20.6. The molecule has 0 spiro atoms. The Morgan fingerprint density at radius 1 is 1.54 bits per heavy atom. The van der Waals surface area contributed by atoms with E-state index in [1.54, 1.807) is 6.08 Å². The number of carbonyl (C=O) groups is 2. The van der Waals surface area contributed by atoms with Crippen molar-refractivity contribution in [3.8, 4) is 0 Å². The number of fused-ring (bicyclic) bond motifs is 1. The summed E-state index contributed by atoms with van der Waals surface area (Å²) in [5, 5.41) is 16.0. The van der Waals surface area contributed by atoms with Gasteiger partial charge >= 0.3 is 5.97 Å². The largest absolute Gasteiger partial charge is 0.458 e. The zero-order valence-corrected chi connectivity index (χ0v) is 16.7. The maximum atomic E-state index is 12.2. The van der Waals surface area contributed by atoms with Gasteiger partial charge in [-0.3, -0.25) is 4.79 Å². The van der Waals surface area contributed by atoms with Crippen LogP contribution in [-0.4, -0.2) is 42.0 Å². The summed E-state index contributed by atoms with van der Waals surface area (Å²) in [5.74, 6) is 0.0000256. The maximum Gasteiger partial charge on any atom is 0.335 e. The molecule has 3 aliphatic rings. The fraction of sp³-hybridized carbons (Fsp3) is 0.667. The molecule has 2 saturated carbocycles. The minimum absolute atomic E-state index is 0.00133. The molecule has 4 N–H and O–H groups in total. The molecular formula is C21H31N3O4. The first-order valence-corrected chi connectivity index (χ1v) is 10.0. The number of nitrogens with two attached hydrogens (primary N) is 1. The molecule has 1 heterocycles. The van der Waals surface area contributed by atoms with E-state index in [1.165, 1.54) is 5.57 Å². The van der Waals surface area contributed by atoms with Gasteiger partial charge in [0, 0.05) is 12.0 Å². The molecule has 1 aliphatic heterocycles. The van der Waals surface area contributed by atoms with Crippen molar-refractivity contribution in [1.29, 1.82) is 0 Å². The molecule has 0 aromatic carbocycles. The number of oxime groups is 1. The lowest BCUT2D eigenvalue weighted by Crippen LogP contribution is -2.50. The molecule has 5 atom stereocenters. The molecule has 2 unspecified atom stereocenters. The topological polar surface area (TPSA) is 114 Å². The predicted molar refractivity (Wildman–Crippen MR) is 106 cm³/mol. The Labute approximate surface area is 166 Å². The van der Waals surface area contributed by atoms with Crippen LogP contribution in [0.5, 0.6) is 0 Å². The highest BCUT2D eigenvalue weighted by atomic mass is 16.5. The molecule has 3 rings (SSSR count). The molecule has 0 bridgehead atoms. The number of ether oxygens (including phenoxy) is 1. The maximum absolute atomic E-state index is 12.2. The highest BCUT2D eigenvalue weighted by Crippen LogP contribution is 2.57. The van der Waals surface area contributed by atoms with Gasteiger partial charge in [0.1, 0.15) is 6.61 Å². The normalized spacial score (nSPS) is 35.3. The number of hydrogen-bond donors (Lipinski definition) is 3. The molecule has 1 amide bonds. The molecule has 2 fully saturated rings. The van der Waals surface area contributed by atoms with E-state index in [-0.39, 0.29) is 42.4 Å². The van der Waals surface area contributed by atoms with Gasteiger partial charge in [0.15, 0.2) is 0 Å². The van der Waals surface area contributed by atoms with E-state index in [2.05, 4.69) is 30.9 Å². The van der Waals surface area contributed by atoms with Crippen molar-refractivity contribution in [2.75, 3.05) is 13.2 Å². The standard InChI is InChI=1S/C21H31N3O4/c1-12-4-5-15-13(2)17(24-27)6-8-21(15,3)16(12)10-18(23-11-19(22)25)14-7-9-28-20(14)26/h7,13,15-16,18,23,27H,1,4-6,8-11H2,2-3H3,(H2,22,25)/b24-17-/t13-,15?,16-,18?,21+/m1/s1. The van der Waals surface area contributed by atoms with Crippen molar-refractivity contribution in [1.82, 2.24) is 5.32 Å². The van der Waals surface area contributed by atoms with Gasteiger partial charge < -0.3 is 21.0 Å². The smallest absolute Gasteiger partial charge is 0.335 e. The average molecular weight is 389 g/mol. The Balaban J connectivity index is 1.87. The van der Waals surface area contributed by atoms with Gasteiger partial charge in [-0.15, -0.1) is 0 Å². The molecule has 154 valence electrons. The number of rotatable bonds is 6. The lowest BCUT2D eigenvalue weighted by molar-refractivity contribution is -0.136. The minimum atomic E-state index is -0.460. The van der Waals surface area contributed by atoms with Crippen molar-refractivity contribution in [3.63, 3.8) is 0 Å². The molecule has 0 aromatic heterocycles. The van der Waals surface area contributed by atoms with Gasteiger partial charge in [0.05, 0.1) is 17.8 Å². The first-order chi connectivity index (χ1) is 13.3. The number of allylic oxidation sites excluding steroid dienone is 1. The van der Waals surface area contributed by atoms with Crippen molar-refractivity contribution in [2.45, 2.75) is 52.0 Å². The van der Waals surface area contributed by atoms with Crippen molar-refractivity contribution in [3.05, 3.63) is 23.8 Å². The Morgan fingerprint density at radius 2 is 2.29 bits per heavy atom. The zero-order valence-electron chi connectivity index (χ0n) is 16.7. The van der Waals surface area contributed by atoms with Crippen LogP contribution < -0.4 is 11.1 Å². The number of carbonyl (C=O) groups excluding carboxylic acids is 2. The van der Waals surface area contributed by atoms with Crippen LogP contribution in [0.1, 0.15) is 46.0 Å². The highest BCUT2D eigenvalue weighted by Gasteiger charge is 2.51. The second-order valence-corrected chi connectivity index (χ2v) is 8.64. The Hall–Kier alpha value is -2.15. The summed E-state index contributed by atoms with van der Waals surface area (Å²) in [4.78, 5) is 23.5. The summed E-state index contributed by atoms with van der Waals surface area (Å²) in [6, 6.07) is -0.303. The molecule has 0 saturated heterocycles. The van der Waals surface area contributed by atoms with E-state index in [0.717, 1.165) is 31.4 Å². The molecular weight excluding hydrogens is 358 g/mol. The monoisotopic (exact) mass is 389 g/mol. The third kappa shape index (κ3) is 3.72. The number of amides is 1. The average Bonchev–Trinajstić information content (AvgIpc) is 3.06. The van der Waals surface area contributed by atoms with E-state index >= 15 is 0 Å². The van der Waals surface area contributed by atoms with Crippen molar-refractivity contribution < 1.29 is 19.5 Å². The number of hydrogen-bond acceptors (Lipinski definition) is 6. The van der Waals surface area contributed by atoms with E-state index in [0.29, 0.717) is 17.9 Å². The van der Waals surface area contributed by atoms with E-state index in [1.807, 2.05) is 0 Å². The predicted octanol–water partition coefficient (Wildman–Crippen LogP) is 2.15. The molecule has 7 nitrogen and oxygen atoms in total. The Bertz CT molecular complexity index is 729. The number of nitrogens with one attached hydrogen (secondary N) is 1. The lowest BCUT2D eigenvalue weighted by Gasteiger charge is -2.54. The van der Waals surface area contributed by atoms with Gasteiger partial charge in [-0.2, -0.15) is 0 Å². The Morgan fingerprint density at radius 3 is 2.89 bits per heavy atom. The van der Waals surface area contributed by atoms with Crippen LogP contribution in [0.4, 0.5) is 0 Å². The zero-order chi connectivity index (χ0) is 20.5. The summed E-state index contributed by atoms with van der Waals surface area (Å²) in [7, 11) is 0. The van der Waals surface area contributed by atoms with Gasteiger partial charge in [-0.1, -0.05) is 31.2 Å². The van der Waals surface area contributed by atoms with Gasteiger partial charge in [0.25, 0.3) is 0 Å². The third-order valence-corrected chi connectivity index (χ3v) is 7.21. The van der Waals surface area contributed by atoms with E-state index < -0.39 is 5.91 Å². The number of primary amides is 1. The second kappa shape index (κ2) is 8.07. The molecule has 0 radical (unpaired) electrons. The van der Waals surface area contributed by atoms with Crippen LogP contribution in [0.15, 0.2) is 29.0 Å². The molecule has 0 aromatic rings. The van der Waals surface area contributed by atoms with Crippen LogP contribution in [0.2, 0.25) is 0 Å². The fourth-order valence-electron chi connectivity index (χ4n) is 5.62. The number of nitrogens with zero attached hydrogens (tertiary/aromatic N) is 1. The second-order valence-electron chi connectivity index (χ2n) is 8.64. The quantitative estimate of drug-likeness (QED) is 0.279. The van der Waals surface area contributed by atoms with Gasteiger partial charge in [-0.25, -0.2) is 4.79 Å². The lowest BCUT2D eigenvalue weighted by atomic mass is 9.50. The minimum Gasteiger partial charge on any atom is -0.458 e. The van der Waals surface area contributed by atoms with Crippen LogP contribution >= 0.6 is 0 Å². The SMILES string of the molecule is C=C1CCC2[C@@H](C)/C(=N\O)CC[C@]2(C)[C@@H]1CC(NCC(N)=O)C1=CCOC1=O. The molecule has 28 heavy (non-hydrogen) atoms. The van der Waals surface area contributed by atoms with Crippen LogP contribution in [0.25, 0.3) is 0 Å².